The van der Waals surface area contributed by atoms with Crippen molar-refractivity contribution in [3.63, 3.8) is 0 Å². The van der Waals surface area contributed by atoms with Gasteiger partial charge in [-0.05, 0) is 37.3 Å². The fraction of sp³-hybridized carbons (Fsp3) is 0.333. The minimum absolute atomic E-state index is 0.0291. The predicted octanol–water partition coefficient (Wildman–Crippen LogP) is 4.14. The van der Waals surface area contributed by atoms with E-state index in [1.165, 1.54) is 6.07 Å². The third kappa shape index (κ3) is 5.12. The Morgan fingerprint density at radius 3 is 2.27 bits per heavy atom. The summed E-state index contributed by atoms with van der Waals surface area (Å²) in [5, 5.41) is 2.10. The average Bonchev–Trinajstić information content (AvgIpc) is 2.74. The highest BCUT2D eigenvalue weighted by Crippen LogP contribution is 2.36. The van der Waals surface area contributed by atoms with Gasteiger partial charge in [0.05, 0.1) is 16.6 Å². The zero-order chi connectivity index (χ0) is 21.9. The zero-order valence-corrected chi connectivity index (χ0v) is 17.0. The van der Waals surface area contributed by atoms with Crippen LogP contribution < -0.4 is 5.32 Å². The van der Waals surface area contributed by atoms with Gasteiger partial charge in [-0.2, -0.15) is 13.2 Å². The fourth-order valence-electron chi connectivity index (χ4n) is 3.31. The topological polar surface area (TPSA) is 52.7 Å². The van der Waals surface area contributed by atoms with E-state index < -0.39 is 28.7 Å². The number of hydrogen-bond donors (Lipinski definition) is 1. The van der Waals surface area contributed by atoms with Crippen LogP contribution in [0.5, 0.6) is 0 Å². The van der Waals surface area contributed by atoms with Crippen molar-refractivity contribution in [2.24, 2.45) is 0 Å². The van der Waals surface area contributed by atoms with Gasteiger partial charge in [0.2, 0.25) is 5.91 Å². The lowest BCUT2D eigenvalue weighted by Gasteiger charge is -2.37. The Kier molecular flexibility index (Phi) is 6.67. The highest BCUT2D eigenvalue weighted by Gasteiger charge is 2.34. The molecular formula is C21H21ClF3N3O2. The monoisotopic (exact) mass is 439 g/mol. The van der Waals surface area contributed by atoms with Crippen molar-refractivity contribution in [3.8, 4) is 0 Å². The number of carbonyl (C=O) groups is 2. The molecule has 1 atom stereocenters. The van der Waals surface area contributed by atoms with Crippen molar-refractivity contribution in [1.29, 1.82) is 0 Å². The van der Waals surface area contributed by atoms with Crippen molar-refractivity contribution < 1.29 is 22.8 Å². The molecule has 160 valence electrons. The number of amides is 2. The standard InChI is InChI=1S/C21H21ClF3N3O2/c1-14(19(29)26-16-7-8-18(22)17(13-16)21(23,24)25)27-9-11-28(12-10-27)20(30)15-5-3-2-4-6-15/h2-8,13-14H,9-12H2,1H3,(H,26,29). The van der Waals surface area contributed by atoms with E-state index in [2.05, 4.69) is 5.32 Å². The number of hydrogen-bond acceptors (Lipinski definition) is 3. The smallest absolute Gasteiger partial charge is 0.336 e. The Morgan fingerprint density at radius 2 is 1.67 bits per heavy atom. The second kappa shape index (κ2) is 9.06. The van der Waals surface area contributed by atoms with E-state index in [1.807, 2.05) is 11.0 Å². The summed E-state index contributed by atoms with van der Waals surface area (Å²) in [6.45, 7) is 3.59. The number of alkyl halides is 3. The van der Waals surface area contributed by atoms with Gasteiger partial charge >= 0.3 is 6.18 Å². The second-order valence-electron chi connectivity index (χ2n) is 7.05. The van der Waals surface area contributed by atoms with E-state index in [0.717, 1.165) is 12.1 Å². The Labute approximate surface area is 177 Å². The quantitative estimate of drug-likeness (QED) is 0.779. The molecule has 0 saturated carbocycles. The third-order valence-electron chi connectivity index (χ3n) is 5.09. The molecule has 1 heterocycles. The van der Waals surface area contributed by atoms with Crippen LogP contribution in [0, 0.1) is 0 Å². The van der Waals surface area contributed by atoms with Gasteiger partial charge in [-0.25, -0.2) is 0 Å². The lowest BCUT2D eigenvalue weighted by atomic mass is 10.1. The number of piperazine rings is 1. The summed E-state index contributed by atoms with van der Waals surface area (Å²) in [5.41, 5.74) is -0.357. The molecule has 0 bridgehead atoms. The molecule has 0 radical (unpaired) electrons. The normalized spacial score (nSPS) is 16.2. The van der Waals surface area contributed by atoms with Crippen molar-refractivity contribution in [3.05, 3.63) is 64.7 Å². The Morgan fingerprint density at radius 1 is 1.03 bits per heavy atom. The maximum absolute atomic E-state index is 13.0. The molecule has 2 amide bonds. The number of carbonyl (C=O) groups excluding carboxylic acids is 2. The minimum atomic E-state index is -4.61. The van der Waals surface area contributed by atoms with Crippen LogP contribution in [-0.4, -0.2) is 53.8 Å². The Hall–Kier alpha value is -2.58. The number of halogens is 4. The van der Waals surface area contributed by atoms with Crippen molar-refractivity contribution >= 4 is 29.1 Å². The SMILES string of the molecule is CC(C(=O)Nc1ccc(Cl)c(C(F)(F)F)c1)N1CCN(C(=O)c2ccccc2)CC1. The van der Waals surface area contributed by atoms with Gasteiger partial charge in [0.15, 0.2) is 0 Å². The highest BCUT2D eigenvalue weighted by molar-refractivity contribution is 6.31. The Balaban J connectivity index is 1.58. The molecule has 3 rings (SSSR count). The maximum atomic E-state index is 13.0. The molecule has 1 aliphatic heterocycles. The summed E-state index contributed by atoms with van der Waals surface area (Å²) < 4.78 is 39.0. The third-order valence-corrected chi connectivity index (χ3v) is 5.42. The molecule has 1 unspecified atom stereocenters. The first-order chi connectivity index (χ1) is 14.2. The van der Waals surface area contributed by atoms with Gasteiger partial charge in [-0.1, -0.05) is 29.8 Å². The van der Waals surface area contributed by atoms with Crippen LogP contribution in [-0.2, 0) is 11.0 Å². The van der Waals surface area contributed by atoms with Crippen molar-refractivity contribution in [2.45, 2.75) is 19.1 Å². The summed E-state index contributed by atoms with van der Waals surface area (Å²) in [4.78, 5) is 28.7. The molecule has 1 fully saturated rings. The molecule has 0 aliphatic carbocycles. The molecule has 0 spiro atoms. The van der Waals surface area contributed by atoms with Crippen LogP contribution in [0.2, 0.25) is 5.02 Å². The van der Waals surface area contributed by atoms with Gasteiger partial charge in [0.25, 0.3) is 5.91 Å². The van der Waals surface area contributed by atoms with Gasteiger partial charge in [-0.15, -0.1) is 0 Å². The van der Waals surface area contributed by atoms with Crippen LogP contribution in [0.1, 0.15) is 22.8 Å². The van der Waals surface area contributed by atoms with E-state index in [-0.39, 0.29) is 11.6 Å². The van der Waals surface area contributed by atoms with Crippen LogP contribution >= 0.6 is 11.6 Å². The van der Waals surface area contributed by atoms with Gasteiger partial charge in [-0.3, -0.25) is 14.5 Å². The minimum Gasteiger partial charge on any atom is -0.336 e. The molecule has 2 aromatic carbocycles. The number of anilines is 1. The summed E-state index contributed by atoms with van der Waals surface area (Å²) in [6, 6.07) is 11.7. The van der Waals surface area contributed by atoms with Crippen LogP contribution in [0.3, 0.4) is 0 Å². The highest BCUT2D eigenvalue weighted by atomic mass is 35.5. The molecule has 1 saturated heterocycles. The summed E-state index contributed by atoms with van der Waals surface area (Å²) in [6.07, 6.45) is -4.61. The second-order valence-corrected chi connectivity index (χ2v) is 7.46. The van der Waals surface area contributed by atoms with E-state index >= 15 is 0 Å². The van der Waals surface area contributed by atoms with Gasteiger partial charge < -0.3 is 10.2 Å². The molecule has 1 N–H and O–H groups in total. The fourth-order valence-corrected chi connectivity index (χ4v) is 3.53. The number of rotatable bonds is 4. The lowest BCUT2D eigenvalue weighted by Crippen LogP contribution is -2.54. The molecular weight excluding hydrogens is 419 g/mol. The van der Waals surface area contributed by atoms with E-state index in [9.17, 15) is 22.8 Å². The van der Waals surface area contributed by atoms with E-state index in [1.54, 1.807) is 36.1 Å². The summed E-state index contributed by atoms with van der Waals surface area (Å²) in [5.74, 6) is -0.485. The van der Waals surface area contributed by atoms with Gasteiger partial charge in [0, 0.05) is 37.4 Å². The average molecular weight is 440 g/mol. The lowest BCUT2D eigenvalue weighted by molar-refractivity contribution is -0.137. The van der Waals surface area contributed by atoms with Gasteiger partial charge in [0.1, 0.15) is 0 Å². The van der Waals surface area contributed by atoms with Crippen LogP contribution in [0.15, 0.2) is 48.5 Å². The number of benzene rings is 2. The predicted molar refractivity (Wildman–Crippen MR) is 108 cm³/mol. The molecule has 30 heavy (non-hydrogen) atoms. The number of nitrogens with one attached hydrogen (secondary N) is 1. The first-order valence-electron chi connectivity index (χ1n) is 9.43. The molecule has 2 aromatic rings. The van der Waals surface area contributed by atoms with Crippen molar-refractivity contribution in [1.82, 2.24) is 9.80 Å². The van der Waals surface area contributed by atoms with Crippen LogP contribution in [0.25, 0.3) is 0 Å². The van der Waals surface area contributed by atoms with E-state index in [4.69, 9.17) is 11.6 Å². The largest absolute Gasteiger partial charge is 0.417 e. The molecule has 9 heteroatoms. The molecule has 5 nitrogen and oxygen atoms in total. The number of nitrogens with zero attached hydrogens (tertiary/aromatic N) is 2. The van der Waals surface area contributed by atoms with Crippen molar-refractivity contribution in [2.75, 3.05) is 31.5 Å². The summed E-state index contributed by atoms with van der Waals surface area (Å²) in [7, 11) is 0. The van der Waals surface area contributed by atoms with E-state index in [0.29, 0.717) is 31.7 Å². The zero-order valence-electron chi connectivity index (χ0n) is 16.2. The first-order valence-corrected chi connectivity index (χ1v) is 9.80. The Bertz CT molecular complexity index is 913. The molecule has 1 aliphatic rings. The van der Waals surface area contributed by atoms with Crippen LogP contribution in [0.4, 0.5) is 18.9 Å². The summed E-state index contributed by atoms with van der Waals surface area (Å²) >= 11 is 5.61. The molecule has 0 aromatic heterocycles. The first kappa shape index (κ1) is 22.1. The maximum Gasteiger partial charge on any atom is 0.417 e.